The van der Waals surface area contributed by atoms with Crippen LogP contribution in [0.5, 0.6) is 0 Å². The van der Waals surface area contributed by atoms with E-state index in [4.69, 9.17) is 11.6 Å². The first-order chi connectivity index (χ1) is 12.1. The van der Waals surface area contributed by atoms with Gasteiger partial charge in [-0.2, -0.15) is 0 Å². The molecule has 0 aromatic heterocycles. The van der Waals surface area contributed by atoms with Crippen LogP contribution in [0, 0.1) is 6.92 Å². The Morgan fingerprint density at radius 3 is 2.52 bits per heavy atom. The summed E-state index contributed by atoms with van der Waals surface area (Å²) in [5, 5.41) is 6.95. The van der Waals surface area contributed by atoms with Crippen molar-refractivity contribution in [3.63, 3.8) is 0 Å². The van der Waals surface area contributed by atoms with Gasteiger partial charge in [0.2, 0.25) is 5.91 Å². The number of carbonyl (C=O) groups excluding carboxylic acids is 1. The largest absolute Gasteiger partial charge is 0.384 e. The van der Waals surface area contributed by atoms with Gasteiger partial charge in [-0.3, -0.25) is 4.79 Å². The summed E-state index contributed by atoms with van der Waals surface area (Å²) in [4.78, 5) is 14.5. The molecule has 1 amide bonds. The number of anilines is 3. The molecular weight excluding hydrogens is 334 g/mol. The molecule has 0 saturated carbocycles. The Labute approximate surface area is 154 Å². The summed E-state index contributed by atoms with van der Waals surface area (Å²) in [5.74, 6) is 0.00744. The van der Waals surface area contributed by atoms with E-state index in [2.05, 4.69) is 27.7 Å². The highest BCUT2D eigenvalue weighted by Crippen LogP contribution is 2.22. The van der Waals surface area contributed by atoms with E-state index in [-0.39, 0.29) is 5.91 Å². The first-order valence-corrected chi connectivity index (χ1v) is 9.14. The quantitative estimate of drug-likeness (QED) is 0.788. The number of nitrogens with one attached hydrogen (secondary N) is 2. The molecular formula is C20H24ClN3O. The SMILES string of the molecule is Cc1cc(Cl)ccc1NCCC(=O)Nc1ccc(N2CCCC2)cc1. The smallest absolute Gasteiger partial charge is 0.226 e. The molecule has 0 radical (unpaired) electrons. The van der Waals surface area contributed by atoms with Crippen molar-refractivity contribution in [2.75, 3.05) is 35.2 Å². The zero-order valence-electron chi connectivity index (χ0n) is 14.5. The minimum Gasteiger partial charge on any atom is -0.384 e. The van der Waals surface area contributed by atoms with E-state index in [0.29, 0.717) is 13.0 Å². The van der Waals surface area contributed by atoms with E-state index in [1.165, 1.54) is 18.5 Å². The van der Waals surface area contributed by atoms with Crippen molar-refractivity contribution in [2.45, 2.75) is 26.2 Å². The van der Waals surface area contributed by atoms with Gasteiger partial charge >= 0.3 is 0 Å². The second kappa shape index (κ2) is 8.26. The monoisotopic (exact) mass is 357 g/mol. The lowest BCUT2D eigenvalue weighted by Crippen LogP contribution is -2.18. The molecule has 1 heterocycles. The first-order valence-electron chi connectivity index (χ1n) is 8.77. The van der Waals surface area contributed by atoms with E-state index in [1.807, 2.05) is 37.3 Å². The summed E-state index contributed by atoms with van der Waals surface area (Å²) < 4.78 is 0. The number of benzene rings is 2. The third-order valence-corrected chi connectivity index (χ3v) is 4.71. The molecule has 1 fully saturated rings. The van der Waals surface area contributed by atoms with Gasteiger partial charge in [-0.25, -0.2) is 0 Å². The minimum atomic E-state index is 0.00744. The standard InChI is InChI=1S/C20H24ClN3O/c1-15-14-16(21)4-9-19(15)22-11-10-20(25)23-17-5-7-18(8-6-17)24-12-2-3-13-24/h4-9,14,22H,2-3,10-13H2,1H3,(H,23,25). The second-order valence-corrected chi connectivity index (χ2v) is 6.86. The average Bonchev–Trinajstić information content (AvgIpc) is 3.12. The first kappa shape index (κ1) is 17.6. The topological polar surface area (TPSA) is 44.4 Å². The molecule has 0 aliphatic carbocycles. The molecule has 0 spiro atoms. The molecule has 4 nitrogen and oxygen atoms in total. The molecule has 0 atom stereocenters. The van der Waals surface area contributed by atoms with Crippen molar-refractivity contribution < 1.29 is 4.79 Å². The fourth-order valence-electron chi connectivity index (χ4n) is 3.09. The fraction of sp³-hybridized carbons (Fsp3) is 0.350. The van der Waals surface area contributed by atoms with Crippen LogP contribution in [0.3, 0.4) is 0 Å². The molecule has 1 aliphatic heterocycles. The average molecular weight is 358 g/mol. The van der Waals surface area contributed by atoms with Gasteiger partial charge in [0, 0.05) is 48.1 Å². The maximum Gasteiger partial charge on any atom is 0.226 e. The van der Waals surface area contributed by atoms with Crippen molar-refractivity contribution in [3.05, 3.63) is 53.1 Å². The normalized spacial score (nSPS) is 13.8. The molecule has 1 aliphatic rings. The number of halogens is 1. The number of rotatable bonds is 6. The lowest BCUT2D eigenvalue weighted by molar-refractivity contribution is -0.115. The zero-order valence-corrected chi connectivity index (χ0v) is 15.3. The van der Waals surface area contributed by atoms with Crippen LogP contribution in [-0.4, -0.2) is 25.5 Å². The van der Waals surface area contributed by atoms with Crippen LogP contribution < -0.4 is 15.5 Å². The number of hydrogen-bond donors (Lipinski definition) is 2. The van der Waals surface area contributed by atoms with E-state index in [1.54, 1.807) is 0 Å². The highest BCUT2D eigenvalue weighted by molar-refractivity contribution is 6.30. The van der Waals surface area contributed by atoms with Crippen molar-refractivity contribution in [1.29, 1.82) is 0 Å². The molecule has 2 N–H and O–H groups in total. The number of nitrogens with zero attached hydrogens (tertiary/aromatic N) is 1. The third-order valence-electron chi connectivity index (χ3n) is 4.48. The molecule has 0 bridgehead atoms. The van der Waals surface area contributed by atoms with Crippen LogP contribution in [0.25, 0.3) is 0 Å². The van der Waals surface area contributed by atoms with Crippen LogP contribution >= 0.6 is 11.6 Å². The molecule has 132 valence electrons. The van der Waals surface area contributed by atoms with Gasteiger partial charge in [0.15, 0.2) is 0 Å². The predicted molar refractivity (Wildman–Crippen MR) is 106 cm³/mol. The van der Waals surface area contributed by atoms with Crippen LogP contribution in [0.4, 0.5) is 17.1 Å². The number of carbonyl (C=O) groups is 1. The Balaban J connectivity index is 1.45. The molecule has 1 saturated heterocycles. The van der Waals surface area contributed by atoms with Crippen LogP contribution in [0.2, 0.25) is 5.02 Å². The van der Waals surface area contributed by atoms with Crippen molar-refractivity contribution in [2.24, 2.45) is 0 Å². The van der Waals surface area contributed by atoms with Crippen molar-refractivity contribution >= 4 is 34.6 Å². The summed E-state index contributed by atoms with van der Waals surface area (Å²) >= 11 is 5.95. The summed E-state index contributed by atoms with van der Waals surface area (Å²) in [6, 6.07) is 13.8. The molecule has 2 aromatic rings. The van der Waals surface area contributed by atoms with Crippen molar-refractivity contribution in [1.82, 2.24) is 0 Å². The summed E-state index contributed by atoms with van der Waals surface area (Å²) in [6.45, 7) is 4.83. The Morgan fingerprint density at radius 2 is 1.84 bits per heavy atom. The highest BCUT2D eigenvalue weighted by atomic mass is 35.5. The zero-order chi connectivity index (χ0) is 17.6. The Bertz CT molecular complexity index is 724. The van der Waals surface area contributed by atoms with Gasteiger partial charge in [-0.15, -0.1) is 0 Å². The van der Waals surface area contributed by atoms with E-state index < -0.39 is 0 Å². The van der Waals surface area contributed by atoms with E-state index in [0.717, 1.165) is 35.1 Å². The maximum atomic E-state index is 12.1. The third kappa shape index (κ3) is 4.89. The fourth-order valence-corrected chi connectivity index (χ4v) is 3.32. The molecule has 3 rings (SSSR count). The number of aryl methyl sites for hydroxylation is 1. The van der Waals surface area contributed by atoms with E-state index in [9.17, 15) is 4.79 Å². The lowest BCUT2D eigenvalue weighted by atomic mass is 10.2. The molecule has 25 heavy (non-hydrogen) atoms. The number of hydrogen-bond acceptors (Lipinski definition) is 3. The summed E-state index contributed by atoms with van der Waals surface area (Å²) in [5.41, 5.74) is 4.16. The Kier molecular flexibility index (Phi) is 5.82. The summed E-state index contributed by atoms with van der Waals surface area (Å²) in [6.07, 6.45) is 2.94. The molecule has 2 aromatic carbocycles. The summed E-state index contributed by atoms with van der Waals surface area (Å²) in [7, 11) is 0. The van der Waals surface area contributed by atoms with Gasteiger partial charge < -0.3 is 15.5 Å². The second-order valence-electron chi connectivity index (χ2n) is 6.43. The molecule has 0 unspecified atom stereocenters. The van der Waals surface area contributed by atoms with Crippen LogP contribution in [-0.2, 0) is 4.79 Å². The van der Waals surface area contributed by atoms with E-state index >= 15 is 0 Å². The maximum absolute atomic E-state index is 12.1. The van der Waals surface area contributed by atoms with Crippen molar-refractivity contribution in [3.8, 4) is 0 Å². The number of amides is 1. The Morgan fingerprint density at radius 1 is 1.12 bits per heavy atom. The molecule has 5 heteroatoms. The van der Waals surface area contributed by atoms with Gasteiger partial charge in [0.05, 0.1) is 0 Å². The van der Waals surface area contributed by atoms with Gasteiger partial charge in [-0.1, -0.05) is 11.6 Å². The predicted octanol–water partition coefficient (Wildman–Crippen LogP) is 4.69. The minimum absolute atomic E-state index is 0.00744. The highest BCUT2D eigenvalue weighted by Gasteiger charge is 2.12. The van der Waals surface area contributed by atoms with Crippen LogP contribution in [0.15, 0.2) is 42.5 Å². The van der Waals surface area contributed by atoms with Crippen LogP contribution in [0.1, 0.15) is 24.8 Å². The van der Waals surface area contributed by atoms with Gasteiger partial charge in [0.25, 0.3) is 0 Å². The lowest BCUT2D eigenvalue weighted by Gasteiger charge is -2.17. The van der Waals surface area contributed by atoms with Gasteiger partial charge in [0.1, 0.15) is 0 Å². The Hall–Kier alpha value is -2.20. The van der Waals surface area contributed by atoms with Gasteiger partial charge in [-0.05, 0) is 67.8 Å².